The molecular formula is C14H20ClNO4S. The fourth-order valence-corrected chi connectivity index (χ4v) is 4.09. The summed E-state index contributed by atoms with van der Waals surface area (Å²) >= 11 is 6.00. The van der Waals surface area contributed by atoms with Gasteiger partial charge in [-0.3, -0.25) is 4.79 Å². The van der Waals surface area contributed by atoms with E-state index >= 15 is 0 Å². The molecule has 0 spiro atoms. The van der Waals surface area contributed by atoms with Crippen LogP contribution in [0.5, 0.6) is 0 Å². The Morgan fingerprint density at radius 3 is 2.52 bits per heavy atom. The molecule has 0 fully saturated rings. The molecule has 1 atom stereocenters. The molecule has 118 valence electrons. The molecule has 0 aliphatic rings. The molecule has 0 amide bonds. The summed E-state index contributed by atoms with van der Waals surface area (Å²) in [4.78, 5) is 11.8. The van der Waals surface area contributed by atoms with E-state index in [0.29, 0.717) is 12.8 Å². The number of carbonyl (C=O) groups excluding carboxylic acids is 1. The molecule has 0 aromatic heterocycles. The molecule has 7 heteroatoms. The van der Waals surface area contributed by atoms with Crippen molar-refractivity contribution < 1.29 is 17.9 Å². The second kappa shape index (κ2) is 6.77. The van der Waals surface area contributed by atoms with Crippen LogP contribution in [-0.2, 0) is 19.6 Å². The number of carbonyl (C=O) groups is 1. The minimum Gasteiger partial charge on any atom is -0.468 e. The minimum absolute atomic E-state index is 0.0546. The predicted molar refractivity (Wildman–Crippen MR) is 81.8 cm³/mol. The van der Waals surface area contributed by atoms with E-state index in [-0.39, 0.29) is 9.92 Å². The molecule has 1 N–H and O–H groups in total. The molecule has 0 heterocycles. The minimum atomic E-state index is -3.93. The van der Waals surface area contributed by atoms with Gasteiger partial charge in [0.25, 0.3) is 0 Å². The van der Waals surface area contributed by atoms with Gasteiger partial charge in [0.05, 0.1) is 12.1 Å². The molecular weight excluding hydrogens is 314 g/mol. The van der Waals surface area contributed by atoms with E-state index in [4.69, 9.17) is 16.3 Å². The molecule has 1 unspecified atom stereocenters. The Bertz CT molecular complexity index is 630. The van der Waals surface area contributed by atoms with Gasteiger partial charge >= 0.3 is 5.97 Å². The number of esters is 1. The molecule has 21 heavy (non-hydrogen) atoms. The third kappa shape index (κ3) is 4.18. The number of ether oxygens (including phenoxy) is 1. The van der Waals surface area contributed by atoms with E-state index in [1.165, 1.54) is 20.1 Å². The summed E-state index contributed by atoms with van der Waals surface area (Å²) in [5, 5.41) is 0.117. The molecule has 0 aliphatic heterocycles. The van der Waals surface area contributed by atoms with Gasteiger partial charge in [0, 0.05) is 0 Å². The summed E-state index contributed by atoms with van der Waals surface area (Å²) in [6.45, 7) is 5.17. The first-order valence-corrected chi connectivity index (χ1v) is 8.41. The summed E-state index contributed by atoms with van der Waals surface area (Å²) < 4.78 is 32.1. The van der Waals surface area contributed by atoms with Crippen molar-refractivity contribution in [3.63, 3.8) is 0 Å². The van der Waals surface area contributed by atoms with E-state index < -0.39 is 21.5 Å². The molecule has 5 nitrogen and oxygen atoms in total. The van der Waals surface area contributed by atoms with Gasteiger partial charge in [-0.15, -0.1) is 0 Å². The summed E-state index contributed by atoms with van der Waals surface area (Å²) in [5.41, 5.74) is -0.473. The van der Waals surface area contributed by atoms with Gasteiger partial charge < -0.3 is 4.74 Å². The Kier molecular flexibility index (Phi) is 5.78. The molecule has 0 saturated carbocycles. The van der Waals surface area contributed by atoms with E-state index in [0.717, 1.165) is 5.56 Å². The Morgan fingerprint density at radius 1 is 1.43 bits per heavy atom. The van der Waals surface area contributed by atoms with Crippen LogP contribution in [0.3, 0.4) is 0 Å². The van der Waals surface area contributed by atoms with Gasteiger partial charge in [-0.25, -0.2) is 8.42 Å². The van der Waals surface area contributed by atoms with Gasteiger partial charge in [-0.1, -0.05) is 31.0 Å². The number of methoxy groups -OCH3 is 1. The standard InChI is InChI=1S/C14H20ClNO4S/c1-5-8-14(3,13(17)20-4)16-21(18,19)12-7-6-10(2)9-11(12)15/h6-7,9,16H,5,8H2,1-4H3. The highest BCUT2D eigenvalue weighted by molar-refractivity contribution is 7.89. The van der Waals surface area contributed by atoms with Gasteiger partial charge in [0.15, 0.2) is 0 Å². The number of rotatable bonds is 6. The van der Waals surface area contributed by atoms with E-state index in [2.05, 4.69) is 4.72 Å². The van der Waals surface area contributed by atoms with Crippen molar-refractivity contribution in [2.75, 3.05) is 7.11 Å². The lowest BCUT2D eigenvalue weighted by Gasteiger charge is -2.27. The van der Waals surface area contributed by atoms with Crippen LogP contribution in [0, 0.1) is 6.92 Å². The maximum Gasteiger partial charge on any atom is 0.326 e. The molecule has 1 aromatic rings. The van der Waals surface area contributed by atoms with Crippen LogP contribution in [0.1, 0.15) is 32.3 Å². The molecule has 0 saturated heterocycles. The number of hydrogen-bond donors (Lipinski definition) is 1. The maximum atomic E-state index is 12.5. The van der Waals surface area contributed by atoms with Gasteiger partial charge in [-0.2, -0.15) is 4.72 Å². The van der Waals surface area contributed by atoms with Crippen LogP contribution in [0.25, 0.3) is 0 Å². The van der Waals surface area contributed by atoms with Crippen molar-refractivity contribution in [2.45, 2.75) is 44.0 Å². The second-order valence-electron chi connectivity index (χ2n) is 5.11. The molecule has 0 bridgehead atoms. The van der Waals surface area contributed by atoms with Crippen LogP contribution < -0.4 is 4.72 Å². The zero-order chi connectivity index (χ0) is 16.3. The van der Waals surface area contributed by atoms with E-state index in [1.54, 1.807) is 12.1 Å². The average Bonchev–Trinajstić information content (AvgIpc) is 2.36. The topological polar surface area (TPSA) is 72.5 Å². The summed E-state index contributed by atoms with van der Waals surface area (Å²) in [5.74, 6) is -0.629. The third-order valence-corrected chi connectivity index (χ3v) is 5.20. The van der Waals surface area contributed by atoms with Crippen molar-refractivity contribution in [1.29, 1.82) is 0 Å². The maximum absolute atomic E-state index is 12.5. The monoisotopic (exact) mass is 333 g/mol. The first kappa shape index (κ1) is 17.9. The number of hydrogen-bond acceptors (Lipinski definition) is 4. The van der Waals surface area contributed by atoms with Crippen LogP contribution in [0.4, 0.5) is 0 Å². The van der Waals surface area contributed by atoms with Gasteiger partial charge in [0.1, 0.15) is 10.4 Å². The van der Waals surface area contributed by atoms with E-state index in [1.807, 2.05) is 13.8 Å². The van der Waals surface area contributed by atoms with Gasteiger partial charge in [0.2, 0.25) is 10.0 Å². The molecule has 0 aliphatic carbocycles. The van der Waals surface area contributed by atoms with Crippen LogP contribution in [0.15, 0.2) is 23.1 Å². The van der Waals surface area contributed by atoms with Crippen molar-refractivity contribution in [2.24, 2.45) is 0 Å². The summed E-state index contributed by atoms with van der Waals surface area (Å²) in [6.07, 6.45) is 0.943. The van der Waals surface area contributed by atoms with Crippen molar-refractivity contribution >= 4 is 27.6 Å². The van der Waals surface area contributed by atoms with Crippen molar-refractivity contribution in [3.05, 3.63) is 28.8 Å². The zero-order valence-corrected chi connectivity index (χ0v) is 14.1. The summed E-state index contributed by atoms with van der Waals surface area (Å²) in [7, 11) is -2.70. The SMILES string of the molecule is CCCC(C)(NS(=O)(=O)c1ccc(C)cc1Cl)C(=O)OC. The number of nitrogens with one attached hydrogen (secondary N) is 1. The van der Waals surface area contributed by atoms with Crippen LogP contribution in [0.2, 0.25) is 5.02 Å². The van der Waals surface area contributed by atoms with Crippen molar-refractivity contribution in [1.82, 2.24) is 4.72 Å². The number of benzene rings is 1. The largest absolute Gasteiger partial charge is 0.468 e. The van der Waals surface area contributed by atoms with Crippen LogP contribution in [-0.4, -0.2) is 27.0 Å². The highest BCUT2D eigenvalue weighted by atomic mass is 35.5. The smallest absolute Gasteiger partial charge is 0.326 e. The Morgan fingerprint density at radius 2 is 2.05 bits per heavy atom. The molecule has 1 aromatic carbocycles. The lowest BCUT2D eigenvalue weighted by atomic mass is 9.98. The molecule has 0 radical (unpaired) electrons. The van der Waals surface area contributed by atoms with Crippen molar-refractivity contribution in [3.8, 4) is 0 Å². The average molecular weight is 334 g/mol. The normalized spacial score (nSPS) is 14.5. The Hall–Kier alpha value is -1.11. The number of sulfonamides is 1. The van der Waals surface area contributed by atoms with Crippen LogP contribution >= 0.6 is 11.6 Å². The Labute approximate surface area is 130 Å². The summed E-state index contributed by atoms with van der Waals surface area (Å²) in [6, 6.07) is 4.63. The number of halogens is 1. The predicted octanol–water partition coefficient (Wildman–Crippen LogP) is 2.66. The first-order valence-electron chi connectivity index (χ1n) is 6.55. The zero-order valence-electron chi connectivity index (χ0n) is 12.6. The lowest BCUT2D eigenvalue weighted by Crippen LogP contribution is -2.52. The van der Waals surface area contributed by atoms with Gasteiger partial charge in [-0.05, 0) is 38.0 Å². The number of aryl methyl sites for hydroxylation is 1. The van der Waals surface area contributed by atoms with E-state index in [9.17, 15) is 13.2 Å². The second-order valence-corrected chi connectivity index (χ2v) is 7.17. The lowest BCUT2D eigenvalue weighted by molar-refractivity contribution is -0.147. The highest BCUT2D eigenvalue weighted by Gasteiger charge is 2.38. The first-order chi connectivity index (χ1) is 9.66. The fourth-order valence-electron chi connectivity index (χ4n) is 2.10. The third-order valence-electron chi connectivity index (χ3n) is 3.12. The fraction of sp³-hybridized carbons (Fsp3) is 0.500. The molecule has 1 rings (SSSR count). The highest BCUT2D eigenvalue weighted by Crippen LogP contribution is 2.25. The Balaban J connectivity index is 3.21. The quantitative estimate of drug-likeness (QED) is 0.812.